The largest absolute Gasteiger partial charge is 1.00 e. The second kappa shape index (κ2) is 6.49. The Hall–Kier alpha value is -0.664. The van der Waals surface area contributed by atoms with Gasteiger partial charge in [0.05, 0.1) is 17.4 Å². The normalized spacial score (nSPS) is 9.83. The molecule has 6 heteroatoms. The van der Waals surface area contributed by atoms with Crippen LogP contribution in [-0.2, 0) is 6.42 Å². The fraction of sp³-hybridized carbons (Fsp3) is 0.167. The molecule has 1 heterocycles. The van der Waals surface area contributed by atoms with E-state index in [4.69, 9.17) is 0 Å². The summed E-state index contributed by atoms with van der Waals surface area (Å²) >= 11 is 0. The Bertz CT molecular complexity index is 602. The second-order valence-electron chi connectivity index (χ2n) is 3.58. The predicted molar refractivity (Wildman–Crippen MR) is 60.1 cm³/mol. The Morgan fingerprint density at radius 1 is 1.33 bits per heavy atom. The minimum atomic E-state index is -1.37. The van der Waals surface area contributed by atoms with E-state index >= 15 is 0 Å². The van der Waals surface area contributed by atoms with E-state index < -0.39 is 5.97 Å². The van der Waals surface area contributed by atoms with Crippen molar-refractivity contribution in [1.82, 2.24) is 9.78 Å². The van der Waals surface area contributed by atoms with Gasteiger partial charge in [-0.3, -0.25) is 9.89 Å². The minimum Gasteiger partial charge on any atom is -0.543 e. The standard InChI is InChI=1S/C12H12N2O3.K/c1-2-9-10(12(16)17)13-14(11(9)15)8-6-4-3-5-7-8;/h3-7,13H,2H2,1H3,(H,16,17);/q;+1/p-1. The first-order valence-electron chi connectivity index (χ1n) is 5.25. The smallest absolute Gasteiger partial charge is 0.543 e. The van der Waals surface area contributed by atoms with Crippen molar-refractivity contribution < 1.29 is 61.3 Å². The number of carboxylic acid groups (broad SMARTS) is 1. The number of H-pyrrole nitrogens is 1. The van der Waals surface area contributed by atoms with Crippen LogP contribution >= 0.6 is 0 Å². The predicted octanol–water partition coefficient (Wildman–Crippen LogP) is -2.90. The number of carbonyl (C=O) groups is 1. The molecule has 1 aromatic carbocycles. The van der Waals surface area contributed by atoms with Gasteiger partial charge in [0.15, 0.2) is 0 Å². The Morgan fingerprint density at radius 3 is 2.39 bits per heavy atom. The van der Waals surface area contributed by atoms with Crippen LogP contribution in [0, 0.1) is 0 Å². The molecule has 0 aliphatic rings. The van der Waals surface area contributed by atoms with Gasteiger partial charge in [0.25, 0.3) is 5.56 Å². The van der Waals surface area contributed by atoms with Crippen molar-refractivity contribution in [2.24, 2.45) is 0 Å². The number of aromatic carboxylic acids is 1. The van der Waals surface area contributed by atoms with Gasteiger partial charge < -0.3 is 9.90 Å². The van der Waals surface area contributed by atoms with E-state index in [1.165, 1.54) is 4.68 Å². The van der Waals surface area contributed by atoms with Gasteiger partial charge in [-0.15, -0.1) is 0 Å². The van der Waals surface area contributed by atoms with Crippen LogP contribution in [-0.4, -0.2) is 15.7 Å². The number of hydrogen-bond donors (Lipinski definition) is 1. The SMILES string of the molecule is CCc1c(C(=O)[O-])[nH]n(-c2ccccc2)c1=O.[K+]. The topological polar surface area (TPSA) is 77.9 Å². The molecule has 1 N–H and O–H groups in total. The molecule has 0 amide bonds. The van der Waals surface area contributed by atoms with E-state index in [0.717, 1.165) is 0 Å². The van der Waals surface area contributed by atoms with Crippen LogP contribution in [0.15, 0.2) is 35.1 Å². The Labute approximate surface area is 146 Å². The van der Waals surface area contributed by atoms with Crippen LogP contribution < -0.4 is 62.1 Å². The van der Waals surface area contributed by atoms with Crippen LogP contribution in [0.1, 0.15) is 23.0 Å². The molecule has 0 aliphatic carbocycles. The molecular formula is C12H11KN2O3. The number of para-hydroxylation sites is 1. The van der Waals surface area contributed by atoms with Crippen molar-refractivity contribution in [1.29, 1.82) is 0 Å². The average Bonchev–Trinajstić information content (AvgIpc) is 2.67. The summed E-state index contributed by atoms with van der Waals surface area (Å²) in [6.45, 7) is 1.73. The molecule has 0 radical (unpaired) electrons. The summed E-state index contributed by atoms with van der Waals surface area (Å²) in [5.74, 6) is -1.37. The van der Waals surface area contributed by atoms with E-state index in [1.54, 1.807) is 31.2 Å². The van der Waals surface area contributed by atoms with Gasteiger partial charge in [-0.25, -0.2) is 4.68 Å². The number of benzene rings is 1. The van der Waals surface area contributed by atoms with Crippen LogP contribution in [0.25, 0.3) is 5.69 Å². The fourth-order valence-electron chi connectivity index (χ4n) is 1.73. The van der Waals surface area contributed by atoms with Crippen molar-refractivity contribution in [3.05, 3.63) is 51.9 Å². The quantitative estimate of drug-likeness (QED) is 0.608. The van der Waals surface area contributed by atoms with Gasteiger partial charge in [0, 0.05) is 5.56 Å². The van der Waals surface area contributed by atoms with Gasteiger partial charge in [-0.1, -0.05) is 25.1 Å². The van der Waals surface area contributed by atoms with E-state index in [1.807, 2.05) is 6.07 Å². The second-order valence-corrected chi connectivity index (χ2v) is 3.58. The first-order valence-corrected chi connectivity index (χ1v) is 5.25. The summed E-state index contributed by atoms with van der Waals surface area (Å²) in [6, 6.07) is 8.80. The molecule has 2 aromatic rings. The molecule has 5 nitrogen and oxygen atoms in total. The molecule has 2 rings (SSSR count). The molecule has 0 unspecified atom stereocenters. The number of aromatic amines is 1. The molecule has 0 saturated carbocycles. The molecule has 88 valence electrons. The Morgan fingerprint density at radius 2 is 1.94 bits per heavy atom. The Balaban J connectivity index is 0.00000162. The zero-order chi connectivity index (χ0) is 12.4. The monoisotopic (exact) mass is 270 g/mol. The third-order valence-corrected chi connectivity index (χ3v) is 2.56. The van der Waals surface area contributed by atoms with E-state index in [0.29, 0.717) is 12.1 Å². The summed E-state index contributed by atoms with van der Waals surface area (Å²) in [7, 11) is 0. The summed E-state index contributed by atoms with van der Waals surface area (Å²) in [6.07, 6.45) is 0.346. The molecule has 0 bridgehead atoms. The molecule has 0 saturated heterocycles. The number of nitrogens with one attached hydrogen (secondary N) is 1. The molecular weight excluding hydrogens is 259 g/mol. The third kappa shape index (κ3) is 2.84. The van der Waals surface area contributed by atoms with Gasteiger partial charge in [-0.2, -0.15) is 0 Å². The molecule has 0 fully saturated rings. The van der Waals surface area contributed by atoms with Gasteiger partial charge >= 0.3 is 51.4 Å². The first-order chi connectivity index (χ1) is 8.15. The molecule has 1 aromatic heterocycles. The maximum Gasteiger partial charge on any atom is 1.00 e. The summed E-state index contributed by atoms with van der Waals surface area (Å²) in [5, 5.41) is 13.4. The van der Waals surface area contributed by atoms with Crippen LogP contribution in [0.5, 0.6) is 0 Å². The van der Waals surface area contributed by atoms with E-state index in [-0.39, 0.29) is 68.2 Å². The third-order valence-electron chi connectivity index (χ3n) is 2.56. The molecule has 0 aliphatic heterocycles. The van der Waals surface area contributed by atoms with Crippen molar-refractivity contribution >= 4 is 5.97 Å². The minimum absolute atomic E-state index is 0. The maximum atomic E-state index is 12.0. The van der Waals surface area contributed by atoms with Crippen LogP contribution in [0.4, 0.5) is 0 Å². The van der Waals surface area contributed by atoms with Crippen molar-refractivity contribution in [2.45, 2.75) is 13.3 Å². The van der Waals surface area contributed by atoms with Gasteiger partial charge in [-0.05, 0) is 18.6 Å². The Kier molecular flexibility index (Phi) is 5.55. The van der Waals surface area contributed by atoms with E-state index in [2.05, 4.69) is 5.10 Å². The van der Waals surface area contributed by atoms with Gasteiger partial charge in [0.2, 0.25) is 0 Å². The maximum absolute atomic E-state index is 12.0. The summed E-state index contributed by atoms with van der Waals surface area (Å²) in [4.78, 5) is 22.8. The molecule has 0 spiro atoms. The number of rotatable bonds is 3. The fourth-order valence-corrected chi connectivity index (χ4v) is 1.73. The van der Waals surface area contributed by atoms with E-state index in [9.17, 15) is 14.7 Å². The zero-order valence-corrected chi connectivity index (χ0v) is 13.4. The van der Waals surface area contributed by atoms with Crippen LogP contribution in [0.3, 0.4) is 0 Å². The van der Waals surface area contributed by atoms with Crippen LogP contribution in [0.2, 0.25) is 0 Å². The van der Waals surface area contributed by atoms with Crippen molar-refractivity contribution in [3.8, 4) is 5.69 Å². The average molecular weight is 270 g/mol. The molecule has 0 atom stereocenters. The summed E-state index contributed by atoms with van der Waals surface area (Å²) < 4.78 is 1.21. The number of aromatic nitrogens is 2. The molecule has 18 heavy (non-hydrogen) atoms. The zero-order valence-electron chi connectivity index (χ0n) is 10.3. The van der Waals surface area contributed by atoms with Gasteiger partial charge in [0.1, 0.15) is 0 Å². The summed E-state index contributed by atoms with van der Waals surface area (Å²) in [5.41, 5.74) is 0.327. The number of carboxylic acids is 1. The number of carbonyl (C=O) groups excluding carboxylic acids is 1. The number of hydrogen-bond acceptors (Lipinski definition) is 3. The van der Waals surface area contributed by atoms with Crippen molar-refractivity contribution in [2.75, 3.05) is 0 Å². The number of nitrogens with zero attached hydrogens (tertiary/aromatic N) is 1. The van der Waals surface area contributed by atoms with Crippen molar-refractivity contribution in [3.63, 3.8) is 0 Å². The first kappa shape index (κ1) is 15.4.